The molecule has 0 atom stereocenters. The van der Waals surface area contributed by atoms with Gasteiger partial charge >= 0.3 is 0 Å². The van der Waals surface area contributed by atoms with Gasteiger partial charge in [-0.2, -0.15) is 0 Å². The fraction of sp³-hybridized carbons (Fsp3) is 0.556. The Bertz CT molecular complexity index is 608. The van der Waals surface area contributed by atoms with Crippen molar-refractivity contribution in [3.8, 4) is 5.75 Å². The molecule has 0 saturated heterocycles. The quantitative estimate of drug-likeness (QED) is 0.909. The van der Waals surface area contributed by atoms with Gasteiger partial charge in [0.15, 0.2) is 6.61 Å². The van der Waals surface area contributed by atoms with E-state index >= 15 is 0 Å². The molecule has 1 N–H and O–H groups in total. The number of ether oxygens (including phenoxy) is 1. The van der Waals surface area contributed by atoms with Gasteiger partial charge in [-0.3, -0.25) is 9.59 Å². The third-order valence-corrected chi connectivity index (χ3v) is 4.32. The minimum atomic E-state index is 0.0189. The highest BCUT2D eigenvalue weighted by Gasteiger charge is 2.30. The maximum atomic E-state index is 12.2. The summed E-state index contributed by atoms with van der Waals surface area (Å²) in [7, 11) is 0. The number of carbonyl (C=O) groups is 2. The van der Waals surface area contributed by atoms with Crippen LogP contribution in [0.5, 0.6) is 5.75 Å². The van der Waals surface area contributed by atoms with Crippen LogP contribution in [0, 0.1) is 11.8 Å². The summed E-state index contributed by atoms with van der Waals surface area (Å²) in [6.07, 6.45) is 2.94. The molecule has 0 spiro atoms. The van der Waals surface area contributed by atoms with E-state index in [0.29, 0.717) is 12.5 Å². The highest BCUT2D eigenvalue weighted by Crippen LogP contribution is 2.31. The Morgan fingerprint density at radius 2 is 2.17 bits per heavy atom. The SMILES string of the molecule is CC(C)CCN1Cc2cc(NC(=O)C3CC3)ccc2OCC1=O. The van der Waals surface area contributed by atoms with Crippen LogP contribution in [0.2, 0.25) is 0 Å². The van der Waals surface area contributed by atoms with Crippen molar-refractivity contribution in [2.75, 3.05) is 18.5 Å². The van der Waals surface area contributed by atoms with E-state index in [4.69, 9.17) is 4.74 Å². The zero-order valence-corrected chi connectivity index (χ0v) is 13.8. The van der Waals surface area contributed by atoms with Crippen molar-refractivity contribution in [2.24, 2.45) is 11.8 Å². The molecular weight excluding hydrogens is 292 g/mol. The van der Waals surface area contributed by atoms with Crippen LogP contribution in [-0.4, -0.2) is 29.9 Å². The highest BCUT2D eigenvalue weighted by molar-refractivity contribution is 5.94. The maximum Gasteiger partial charge on any atom is 0.260 e. The van der Waals surface area contributed by atoms with Gasteiger partial charge < -0.3 is 15.0 Å². The Morgan fingerprint density at radius 1 is 1.39 bits per heavy atom. The van der Waals surface area contributed by atoms with Gasteiger partial charge in [0, 0.05) is 30.3 Å². The predicted octanol–water partition coefficient (Wildman–Crippen LogP) is 2.80. The molecule has 1 heterocycles. The molecule has 23 heavy (non-hydrogen) atoms. The second-order valence-electron chi connectivity index (χ2n) is 6.87. The Labute approximate surface area is 137 Å². The van der Waals surface area contributed by atoms with E-state index in [0.717, 1.165) is 42.8 Å². The summed E-state index contributed by atoms with van der Waals surface area (Å²) in [6, 6.07) is 5.61. The first-order valence-corrected chi connectivity index (χ1v) is 8.37. The van der Waals surface area contributed by atoms with E-state index in [-0.39, 0.29) is 24.3 Å². The van der Waals surface area contributed by atoms with Crippen LogP contribution in [-0.2, 0) is 16.1 Å². The Kier molecular flexibility index (Phi) is 4.55. The van der Waals surface area contributed by atoms with Crippen LogP contribution in [0.1, 0.15) is 38.7 Å². The summed E-state index contributed by atoms with van der Waals surface area (Å²) in [6.45, 7) is 5.65. The molecule has 0 aromatic heterocycles. The van der Waals surface area contributed by atoms with Crippen molar-refractivity contribution >= 4 is 17.5 Å². The molecule has 0 bridgehead atoms. The zero-order chi connectivity index (χ0) is 16.4. The van der Waals surface area contributed by atoms with Crippen LogP contribution in [0.25, 0.3) is 0 Å². The molecule has 1 fully saturated rings. The number of nitrogens with one attached hydrogen (secondary N) is 1. The summed E-state index contributed by atoms with van der Waals surface area (Å²) in [5, 5.41) is 2.95. The normalized spacial score (nSPS) is 17.5. The predicted molar refractivity (Wildman–Crippen MR) is 88.2 cm³/mol. The molecule has 5 nitrogen and oxygen atoms in total. The van der Waals surface area contributed by atoms with Crippen molar-refractivity contribution in [2.45, 2.75) is 39.7 Å². The molecule has 3 rings (SSSR count). The lowest BCUT2D eigenvalue weighted by atomic mass is 10.1. The minimum absolute atomic E-state index is 0.0189. The molecule has 2 amide bonds. The van der Waals surface area contributed by atoms with Crippen LogP contribution < -0.4 is 10.1 Å². The smallest absolute Gasteiger partial charge is 0.260 e. The number of benzene rings is 1. The second kappa shape index (κ2) is 6.60. The minimum Gasteiger partial charge on any atom is -0.483 e. The molecule has 1 saturated carbocycles. The molecule has 1 aliphatic carbocycles. The van der Waals surface area contributed by atoms with Crippen LogP contribution >= 0.6 is 0 Å². The lowest BCUT2D eigenvalue weighted by Gasteiger charge is -2.21. The summed E-state index contributed by atoms with van der Waals surface area (Å²) in [5.41, 5.74) is 1.73. The molecule has 1 aliphatic heterocycles. The van der Waals surface area contributed by atoms with Gasteiger partial charge in [0.05, 0.1) is 0 Å². The Morgan fingerprint density at radius 3 is 2.87 bits per heavy atom. The van der Waals surface area contributed by atoms with Gasteiger partial charge in [-0.15, -0.1) is 0 Å². The van der Waals surface area contributed by atoms with E-state index in [1.807, 2.05) is 23.1 Å². The number of hydrogen-bond acceptors (Lipinski definition) is 3. The monoisotopic (exact) mass is 316 g/mol. The van der Waals surface area contributed by atoms with Gasteiger partial charge in [-0.05, 0) is 43.4 Å². The summed E-state index contributed by atoms with van der Waals surface area (Å²) >= 11 is 0. The second-order valence-corrected chi connectivity index (χ2v) is 6.87. The van der Waals surface area contributed by atoms with Gasteiger partial charge in [0.25, 0.3) is 5.91 Å². The third-order valence-electron chi connectivity index (χ3n) is 4.32. The van der Waals surface area contributed by atoms with Crippen LogP contribution in [0.3, 0.4) is 0 Å². The number of fused-ring (bicyclic) bond motifs is 1. The van der Waals surface area contributed by atoms with Crippen LogP contribution in [0.15, 0.2) is 18.2 Å². The number of hydrogen-bond donors (Lipinski definition) is 1. The average molecular weight is 316 g/mol. The maximum absolute atomic E-state index is 12.2. The number of rotatable bonds is 5. The standard InChI is InChI=1S/C18H24N2O3/c1-12(2)7-8-20-10-14-9-15(19-18(22)13-3-4-13)5-6-16(14)23-11-17(20)21/h5-6,9,12-13H,3-4,7-8,10-11H2,1-2H3,(H,19,22). The van der Waals surface area contributed by atoms with Crippen molar-refractivity contribution < 1.29 is 14.3 Å². The fourth-order valence-corrected chi connectivity index (χ4v) is 2.65. The first-order valence-electron chi connectivity index (χ1n) is 8.37. The van der Waals surface area contributed by atoms with Crippen molar-refractivity contribution in [3.63, 3.8) is 0 Å². The largest absolute Gasteiger partial charge is 0.483 e. The Balaban J connectivity index is 1.73. The average Bonchev–Trinajstić information content (AvgIpc) is 3.34. The molecule has 1 aromatic carbocycles. The molecule has 5 heteroatoms. The number of nitrogens with zero attached hydrogens (tertiary/aromatic N) is 1. The van der Waals surface area contributed by atoms with Gasteiger partial charge in [0.2, 0.25) is 5.91 Å². The fourth-order valence-electron chi connectivity index (χ4n) is 2.65. The third kappa shape index (κ3) is 4.03. The topological polar surface area (TPSA) is 58.6 Å². The Hall–Kier alpha value is -2.04. The summed E-state index contributed by atoms with van der Waals surface area (Å²) in [5.74, 6) is 1.57. The van der Waals surface area contributed by atoms with Crippen molar-refractivity contribution in [3.05, 3.63) is 23.8 Å². The van der Waals surface area contributed by atoms with E-state index in [1.54, 1.807) is 0 Å². The molecule has 2 aliphatic rings. The first-order chi connectivity index (χ1) is 11.0. The molecule has 0 radical (unpaired) electrons. The number of carbonyl (C=O) groups excluding carboxylic acids is 2. The number of anilines is 1. The first kappa shape index (κ1) is 15.8. The van der Waals surface area contributed by atoms with Crippen molar-refractivity contribution in [1.82, 2.24) is 4.90 Å². The molecule has 1 aromatic rings. The van der Waals surface area contributed by atoms with Gasteiger partial charge in [-0.25, -0.2) is 0 Å². The lowest BCUT2D eigenvalue weighted by Crippen LogP contribution is -2.33. The molecule has 124 valence electrons. The summed E-state index contributed by atoms with van der Waals surface area (Å²) in [4.78, 5) is 25.9. The van der Waals surface area contributed by atoms with E-state index in [1.165, 1.54) is 0 Å². The molecule has 0 unspecified atom stereocenters. The lowest BCUT2D eigenvalue weighted by molar-refractivity contribution is -0.133. The zero-order valence-electron chi connectivity index (χ0n) is 13.8. The van der Waals surface area contributed by atoms with Crippen molar-refractivity contribution in [1.29, 1.82) is 0 Å². The van der Waals surface area contributed by atoms with Crippen LogP contribution in [0.4, 0.5) is 5.69 Å². The van der Waals surface area contributed by atoms with E-state index < -0.39 is 0 Å². The highest BCUT2D eigenvalue weighted by atomic mass is 16.5. The van der Waals surface area contributed by atoms with Gasteiger partial charge in [0.1, 0.15) is 5.75 Å². The molecular formula is C18H24N2O3. The number of amides is 2. The van der Waals surface area contributed by atoms with E-state index in [9.17, 15) is 9.59 Å². The van der Waals surface area contributed by atoms with Gasteiger partial charge in [-0.1, -0.05) is 13.8 Å². The van der Waals surface area contributed by atoms with E-state index in [2.05, 4.69) is 19.2 Å². The summed E-state index contributed by atoms with van der Waals surface area (Å²) < 4.78 is 5.61.